The van der Waals surface area contributed by atoms with E-state index < -0.39 is 16.1 Å². The third-order valence-corrected chi connectivity index (χ3v) is 6.11. The third kappa shape index (κ3) is 3.84. The van der Waals surface area contributed by atoms with Gasteiger partial charge in [-0.15, -0.1) is 0 Å². The molecule has 0 aliphatic rings. The number of aliphatic hydroxyl groups excluding tert-OH is 1. The van der Waals surface area contributed by atoms with Crippen molar-refractivity contribution in [1.82, 2.24) is 4.72 Å². The maximum atomic E-state index is 12.7. The van der Waals surface area contributed by atoms with E-state index in [2.05, 4.69) is 4.72 Å². The van der Waals surface area contributed by atoms with E-state index in [1.165, 1.54) is 0 Å². The summed E-state index contributed by atoms with van der Waals surface area (Å²) in [6.07, 6.45) is -0.146. The zero-order chi connectivity index (χ0) is 16.5. The van der Waals surface area contributed by atoms with Crippen molar-refractivity contribution in [2.24, 2.45) is 0 Å². The molecule has 0 saturated heterocycles. The SMILES string of the molecule is Cc1c(C)c(C)c(S(=O)(=O)NC(C)CC(C)O)c(C)c1C. The molecule has 0 saturated carbocycles. The second kappa shape index (κ2) is 6.46. The number of sulfonamides is 1. The van der Waals surface area contributed by atoms with E-state index >= 15 is 0 Å². The van der Waals surface area contributed by atoms with E-state index in [1.54, 1.807) is 13.8 Å². The van der Waals surface area contributed by atoms with E-state index in [0.29, 0.717) is 11.3 Å². The number of hydrogen-bond acceptors (Lipinski definition) is 3. The highest BCUT2D eigenvalue weighted by atomic mass is 32.2. The molecular weight excluding hydrogens is 286 g/mol. The van der Waals surface area contributed by atoms with Crippen molar-refractivity contribution in [3.05, 3.63) is 27.8 Å². The van der Waals surface area contributed by atoms with Crippen LogP contribution in [0.4, 0.5) is 0 Å². The first-order valence-electron chi connectivity index (χ1n) is 7.26. The molecule has 1 rings (SSSR count). The van der Waals surface area contributed by atoms with Crippen molar-refractivity contribution in [3.8, 4) is 0 Å². The third-order valence-electron chi connectivity index (χ3n) is 4.25. The molecule has 4 nitrogen and oxygen atoms in total. The van der Waals surface area contributed by atoms with Gasteiger partial charge in [-0.25, -0.2) is 13.1 Å². The molecule has 0 aliphatic carbocycles. The first-order valence-corrected chi connectivity index (χ1v) is 8.74. The highest BCUT2D eigenvalue weighted by Crippen LogP contribution is 2.29. The number of aliphatic hydroxyl groups is 1. The Morgan fingerprint density at radius 1 is 0.905 bits per heavy atom. The second-order valence-corrected chi connectivity index (χ2v) is 7.71. The van der Waals surface area contributed by atoms with Gasteiger partial charge in [0.1, 0.15) is 0 Å². The summed E-state index contributed by atoms with van der Waals surface area (Å²) in [5, 5.41) is 9.39. The van der Waals surface area contributed by atoms with Gasteiger partial charge in [-0.3, -0.25) is 0 Å². The molecule has 1 aromatic rings. The molecule has 0 aliphatic heterocycles. The average Bonchev–Trinajstić information content (AvgIpc) is 2.32. The van der Waals surface area contributed by atoms with Crippen molar-refractivity contribution >= 4 is 10.0 Å². The molecule has 0 fully saturated rings. The molecule has 0 aromatic heterocycles. The molecule has 0 amide bonds. The first kappa shape index (κ1) is 18.1. The zero-order valence-corrected chi connectivity index (χ0v) is 14.9. The number of hydrogen-bond donors (Lipinski definition) is 2. The zero-order valence-electron chi connectivity index (χ0n) is 14.0. The Labute approximate surface area is 128 Å². The van der Waals surface area contributed by atoms with Gasteiger partial charge in [-0.05, 0) is 82.7 Å². The molecule has 2 atom stereocenters. The van der Waals surface area contributed by atoms with Crippen molar-refractivity contribution in [1.29, 1.82) is 0 Å². The molecule has 0 heterocycles. The number of rotatable bonds is 5. The predicted molar refractivity (Wildman–Crippen MR) is 86.2 cm³/mol. The van der Waals surface area contributed by atoms with Crippen LogP contribution in [0.3, 0.4) is 0 Å². The molecule has 120 valence electrons. The van der Waals surface area contributed by atoms with Gasteiger partial charge < -0.3 is 5.11 Å². The molecule has 0 radical (unpaired) electrons. The Morgan fingerprint density at radius 2 is 1.29 bits per heavy atom. The Hall–Kier alpha value is -0.910. The molecular formula is C16H27NO3S. The maximum absolute atomic E-state index is 12.7. The standard InChI is InChI=1S/C16H27NO3S/c1-9(8-10(2)18)17-21(19,20)16-14(6)12(4)11(3)13(5)15(16)7/h9-10,17-18H,8H2,1-7H3. The predicted octanol–water partition coefficient (Wildman–Crippen LogP) is 2.67. The lowest BCUT2D eigenvalue weighted by Crippen LogP contribution is -2.35. The normalized spacial score (nSPS) is 15.0. The molecule has 21 heavy (non-hydrogen) atoms. The molecule has 0 bridgehead atoms. The van der Waals surface area contributed by atoms with Crippen molar-refractivity contribution in [2.75, 3.05) is 0 Å². The highest BCUT2D eigenvalue weighted by molar-refractivity contribution is 7.89. The summed E-state index contributed by atoms with van der Waals surface area (Å²) >= 11 is 0. The van der Waals surface area contributed by atoms with Crippen LogP contribution in [0.5, 0.6) is 0 Å². The number of benzene rings is 1. The maximum Gasteiger partial charge on any atom is 0.241 e. The van der Waals surface area contributed by atoms with Gasteiger partial charge >= 0.3 is 0 Å². The van der Waals surface area contributed by atoms with E-state index in [4.69, 9.17) is 0 Å². The van der Waals surface area contributed by atoms with E-state index in [1.807, 2.05) is 34.6 Å². The van der Waals surface area contributed by atoms with Crippen molar-refractivity contribution in [2.45, 2.75) is 71.9 Å². The lowest BCUT2D eigenvalue weighted by molar-refractivity contribution is 0.175. The molecule has 5 heteroatoms. The summed E-state index contributed by atoms with van der Waals surface area (Å²) in [7, 11) is -3.59. The van der Waals surface area contributed by atoms with Crippen LogP contribution in [0.1, 0.15) is 48.1 Å². The van der Waals surface area contributed by atoms with E-state index in [-0.39, 0.29) is 6.04 Å². The Bertz CT molecular complexity index is 604. The summed E-state index contributed by atoms with van der Waals surface area (Å²) in [4.78, 5) is 0.376. The van der Waals surface area contributed by atoms with Crippen LogP contribution in [-0.4, -0.2) is 25.7 Å². The van der Waals surface area contributed by atoms with Crippen LogP contribution in [0.2, 0.25) is 0 Å². The number of nitrogens with one attached hydrogen (secondary N) is 1. The molecule has 2 unspecified atom stereocenters. The fourth-order valence-electron chi connectivity index (χ4n) is 2.75. The van der Waals surface area contributed by atoms with Gasteiger partial charge in [-0.2, -0.15) is 0 Å². The quantitative estimate of drug-likeness (QED) is 0.878. The van der Waals surface area contributed by atoms with Crippen LogP contribution in [-0.2, 0) is 10.0 Å². The molecule has 0 spiro atoms. The van der Waals surface area contributed by atoms with Gasteiger partial charge in [-0.1, -0.05) is 0 Å². The van der Waals surface area contributed by atoms with Crippen LogP contribution in [0, 0.1) is 34.6 Å². The minimum absolute atomic E-state index is 0.310. The fraction of sp³-hybridized carbons (Fsp3) is 0.625. The fourth-order valence-corrected chi connectivity index (χ4v) is 4.61. The van der Waals surface area contributed by atoms with Gasteiger partial charge in [0.05, 0.1) is 11.0 Å². The van der Waals surface area contributed by atoms with E-state index in [0.717, 1.165) is 27.8 Å². The minimum atomic E-state index is -3.59. The molecule has 1 aromatic carbocycles. The minimum Gasteiger partial charge on any atom is -0.393 e. The molecule has 2 N–H and O–H groups in total. The summed E-state index contributed by atoms with van der Waals surface area (Å²) in [6.45, 7) is 13.0. The first-order chi connectivity index (χ1) is 9.49. The van der Waals surface area contributed by atoms with Gasteiger partial charge in [0, 0.05) is 6.04 Å². The lowest BCUT2D eigenvalue weighted by Gasteiger charge is -2.21. The average molecular weight is 313 g/mol. The van der Waals surface area contributed by atoms with Crippen LogP contribution in [0.15, 0.2) is 4.90 Å². The van der Waals surface area contributed by atoms with Crippen LogP contribution in [0.25, 0.3) is 0 Å². The monoisotopic (exact) mass is 313 g/mol. The largest absolute Gasteiger partial charge is 0.393 e. The topological polar surface area (TPSA) is 66.4 Å². The Balaban J connectivity index is 3.33. The van der Waals surface area contributed by atoms with Gasteiger partial charge in [0.25, 0.3) is 0 Å². The van der Waals surface area contributed by atoms with Crippen molar-refractivity contribution < 1.29 is 13.5 Å². The van der Waals surface area contributed by atoms with Crippen LogP contribution < -0.4 is 4.72 Å². The Kier molecular flexibility index (Phi) is 5.58. The van der Waals surface area contributed by atoms with Crippen LogP contribution >= 0.6 is 0 Å². The lowest BCUT2D eigenvalue weighted by atomic mass is 9.95. The van der Waals surface area contributed by atoms with Gasteiger partial charge in [0.15, 0.2) is 0 Å². The summed E-state index contributed by atoms with van der Waals surface area (Å²) in [6, 6.07) is -0.310. The summed E-state index contributed by atoms with van der Waals surface area (Å²) in [5.41, 5.74) is 4.77. The summed E-state index contributed by atoms with van der Waals surface area (Å²) in [5.74, 6) is 0. The Morgan fingerprint density at radius 3 is 1.67 bits per heavy atom. The highest BCUT2D eigenvalue weighted by Gasteiger charge is 2.25. The smallest absolute Gasteiger partial charge is 0.241 e. The van der Waals surface area contributed by atoms with Crippen molar-refractivity contribution in [3.63, 3.8) is 0 Å². The summed E-state index contributed by atoms with van der Waals surface area (Å²) < 4.78 is 28.0. The van der Waals surface area contributed by atoms with E-state index in [9.17, 15) is 13.5 Å². The van der Waals surface area contributed by atoms with Gasteiger partial charge in [0.2, 0.25) is 10.0 Å². The second-order valence-electron chi connectivity index (χ2n) is 6.06.